The van der Waals surface area contributed by atoms with E-state index in [0.29, 0.717) is 48.8 Å². The van der Waals surface area contributed by atoms with Gasteiger partial charge in [0.25, 0.3) is 0 Å². The highest BCUT2D eigenvalue weighted by molar-refractivity contribution is 6.30. The van der Waals surface area contributed by atoms with Crippen LogP contribution in [0.25, 0.3) is 11.4 Å². The Morgan fingerprint density at radius 1 is 1.23 bits per heavy atom. The Morgan fingerprint density at radius 3 is 2.70 bits per heavy atom. The van der Waals surface area contributed by atoms with Crippen LogP contribution in [0, 0.1) is 0 Å². The number of aromatic nitrogens is 2. The van der Waals surface area contributed by atoms with Gasteiger partial charge in [-0.15, -0.1) is 0 Å². The van der Waals surface area contributed by atoms with Gasteiger partial charge in [0.15, 0.2) is 5.96 Å². The van der Waals surface area contributed by atoms with E-state index in [9.17, 15) is 4.79 Å². The number of hydrogen-bond donors (Lipinski definition) is 3. The van der Waals surface area contributed by atoms with Crippen LogP contribution in [0.2, 0.25) is 5.02 Å². The summed E-state index contributed by atoms with van der Waals surface area (Å²) in [6.07, 6.45) is 0.290. The van der Waals surface area contributed by atoms with Crippen molar-refractivity contribution in [2.75, 3.05) is 19.6 Å². The van der Waals surface area contributed by atoms with Crippen LogP contribution in [0.3, 0.4) is 0 Å². The van der Waals surface area contributed by atoms with Gasteiger partial charge in [-0.3, -0.25) is 0 Å². The number of carbonyl (C=O) groups is 1. The number of nitrogens with one attached hydrogen (secondary N) is 3. The summed E-state index contributed by atoms with van der Waals surface area (Å²) < 4.78 is 10.5. The van der Waals surface area contributed by atoms with E-state index in [0.717, 1.165) is 5.56 Å². The monoisotopic (exact) mass is 436 g/mol. The predicted octanol–water partition coefficient (Wildman–Crippen LogP) is 3.36. The molecule has 0 aliphatic carbocycles. The number of aliphatic imine (C=N–C) groups is 1. The summed E-state index contributed by atoms with van der Waals surface area (Å²) in [4.78, 5) is 20.4. The van der Waals surface area contributed by atoms with Crippen molar-refractivity contribution in [3.63, 3.8) is 0 Å². The molecule has 1 amide bonds. The van der Waals surface area contributed by atoms with Gasteiger partial charge in [-0.05, 0) is 46.2 Å². The molecule has 9 nitrogen and oxygen atoms in total. The van der Waals surface area contributed by atoms with Gasteiger partial charge in [0.2, 0.25) is 11.7 Å². The second-order valence-electron chi connectivity index (χ2n) is 7.43. The van der Waals surface area contributed by atoms with Crippen LogP contribution in [0.5, 0.6) is 0 Å². The molecule has 0 spiro atoms. The Morgan fingerprint density at radius 2 is 2.00 bits per heavy atom. The van der Waals surface area contributed by atoms with E-state index in [2.05, 4.69) is 31.1 Å². The van der Waals surface area contributed by atoms with E-state index in [4.69, 9.17) is 20.9 Å². The molecule has 2 aromatic rings. The molecule has 30 heavy (non-hydrogen) atoms. The second-order valence-corrected chi connectivity index (χ2v) is 7.86. The summed E-state index contributed by atoms with van der Waals surface area (Å²) >= 11 is 6.00. The topological polar surface area (TPSA) is 114 Å². The summed E-state index contributed by atoms with van der Waals surface area (Å²) in [7, 11) is 0. The lowest BCUT2D eigenvalue weighted by atomic mass is 10.2. The van der Waals surface area contributed by atoms with E-state index in [1.807, 2.05) is 39.8 Å². The van der Waals surface area contributed by atoms with E-state index in [1.54, 1.807) is 12.1 Å². The zero-order valence-corrected chi connectivity index (χ0v) is 18.5. The molecule has 1 heterocycles. The molecule has 10 heteroatoms. The first-order valence-corrected chi connectivity index (χ1v) is 10.2. The Labute approximate surface area is 181 Å². The molecule has 0 unspecified atom stereocenters. The third-order valence-electron chi connectivity index (χ3n) is 3.58. The van der Waals surface area contributed by atoms with Crippen LogP contribution < -0.4 is 16.0 Å². The molecule has 164 valence electrons. The van der Waals surface area contributed by atoms with Crippen LogP contribution in [0.15, 0.2) is 33.8 Å². The molecular weight excluding hydrogens is 408 g/mol. The molecule has 1 aromatic heterocycles. The van der Waals surface area contributed by atoms with Crippen LogP contribution in [0.4, 0.5) is 4.79 Å². The average Bonchev–Trinajstić information content (AvgIpc) is 3.13. The average molecular weight is 437 g/mol. The number of carbonyl (C=O) groups excluding carboxylic acids is 1. The first kappa shape index (κ1) is 23.5. The van der Waals surface area contributed by atoms with Crippen LogP contribution in [-0.4, -0.2) is 47.4 Å². The molecule has 0 atom stereocenters. The largest absolute Gasteiger partial charge is 0.444 e. The number of halogens is 1. The fourth-order valence-corrected chi connectivity index (χ4v) is 2.54. The first-order chi connectivity index (χ1) is 14.3. The number of alkyl carbamates (subject to hydrolysis) is 1. The predicted molar refractivity (Wildman–Crippen MR) is 116 cm³/mol. The fraction of sp³-hybridized carbons (Fsp3) is 0.500. The van der Waals surface area contributed by atoms with E-state index in [-0.39, 0.29) is 6.54 Å². The minimum atomic E-state index is -0.505. The number of hydrogen-bond acceptors (Lipinski definition) is 6. The number of ether oxygens (including phenoxy) is 1. The van der Waals surface area contributed by atoms with Gasteiger partial charge in [0.1, 0.15) is 12.1 Å². The van der Waals surface area contributed by atoms with Gasteiger partial charge in [-0.25, -0.2) is 9.79 Å². The van der Waals surface area contributed by atoms with Gasteiger partial charge in [-0.2, -0.15) is 4.98 Å². The Balaban J connectivity index is 1.80. The summed E-state index contributed by atoms with van der Waals surface area (Å²) in [5, 5.41) is 13.6. The van der Waals surface area contributed by atoms with E-state index >= 15 is 0 Å². The Bertz CT molecular complexity index is 847. The molecule has 0 bridgehead atoms. The Kier molecular flexibility index (Phi) is 8.91. The van der Waals surface area contributed by atoms with Crippen molar-refractivity contribution in [2.45, 2.75) is 46.3 Å². The summed E-state index contributed by atoms with van der Waals surface area (Å²) in [5.74, 6) is 1.49. The van der Waals surface area contributed by atoms with Crippen LogP contribution in [0.1, 0.15) is 40.0 Å². The summed E-state index contributed by atoms with van der Waals surface area (Å²) in [5.41, 5.74) is 0.276. The van der Waals surface area contributed by atoms with Crippen LogP contribution in [-0.2, 0) is 11.3 Å². The van der Waals surface area contributed by atoms with Gasteiger partial charge < -0.3 is 25.2 Å². The minimum absolute atomic E-state index is 0.235. The summed E-state index contributed by atoms with van der Waals surface area (Å²) in [6.45, 7) is 9.52. The zero-order valence-electron chi connectivity index (χ0n) is 17.8. The molecule has 0 saturated carbocycles. The highest BCUT2D eigenvalue weighted by Gasteiger charge is 2.15. The lowest BCUT2D eigenvalue weighted by Gasteiger charge is -2.19. The van der Waals surface area contributed by atoms with Gasteiger partial charge in [0, 0.05) is 30.2 Å². The Hall–Kier alpha value is -2.81. The van der Waals surface area contributed by atoms with Crippen molar-refractivity contribution >= 4 is 23.7 Å². The maximum absolute atomic E-state index is 11.6. The third kappa shape index (κ3) is 8.69. The fourth-order valence-electron chi connectivity index (χ4n) is 2.35. The van der Waals surface area contributed by atoms with Gasteiger partial charge in [0.05, 0.1) is 0 Å². The normalized spacial score (nSPS) is 11.8. The number of rotatable bonds is 8. The van der Waals surface area contributed by atoms with E-state index < -0.39 is 11.7 Å². The number of amides is 1. The lowest BCUT2D eigenvalue weighted by Crippen LogP contribution is -2.39. The number of nitrogens with zero attached hydrogens (tertiary/aromatic N) is 3. The highest BCUT2D eigenvalue weighted by atomic mass is 35.5. The molecule has 0 aliphatic rings. The first-order valence-electron chi connectivity index (χ1n) is 9.84. The summed E-state index contributed by atoms with van der Waals surface area (Å²) in [6, 6.07) is 7.25. The maximum atomic E-state index is 11.6. The molecule has 2 rings (SSSR count). The van der Waals surface area contributed by atoms with Crippen molar-refractivity contribution in [1.82, 2.24) is 26.1 Å². The smallest absolute Gasteiger partial charge is 0.407 e. The molecule has 0 aliphatic heterocycles. The van der Waals surface area contributed by atoms with Gasteiger partial charge in [-0.1, -0.05) is 28.9 Å². The SMILES string of the molecule is CCNC(=NCc1nc(-c2cccc(Cl)c2)no1)NCCCNC(=O)OC(C)(C)C. The molecule has 0 radical (unpaired) electrons. The van der Waals surface area contributed by atoms with Crippen LogP contribution >= 0.6 is 11.6 Å². The van der Waals surface area contributed by atoms with Crippen molar-refractivity contribution in [3.05, 3.63) is 35.2 Å². The molecule has 3 N–H and O–H groups in total. The lowest BCUT2D eigenvalue weighted by molar-refractivity contribution is 0.0527. The highest BCUT2D eigenvalue weighted by Crippen LogP contribution is 2.20. The molecule has 1 aromatic carbocycles. The molecular formula is C20H29ClN6O3. The number of guanidine groups is 1. The van der Waals surface area contributed by atoms with Crippen molar-refractivity contribution in [3.8, 4) is 11.4 Å². The second kappa shape index (κ2) is 11.4. The third-order valence-corrected chi connectivity index (χ3v) is 3.82. The zero-order chi connectivity index (χ0) is 22.0. The number of benzene rings is 1. The minimum Gasteiger partial charge on any atom is -0.444 e. The van der Waals surface area contributed by atoms with E-state index in [1.165, 1.54) is 0 Å². The standard InChI is InChI=1S/C20H29ClN6O3/c1-5-22-18(23-10-7-11-24-19(28)29-20(2,3)4)25-13-16-26-17(27-30-16)14-8-6-9-15(21)12-14/h6,8-9,12H,5,7,10-11,13H2,1-4H3,(H,24,28)(H2,22,23,25). The quantitative estimate of drug-likeness (QED) is 0.330. The van der Waals surface area contributed by atoms with Gasteiger partial charge >= 0.3 is 6.09 Å². The molecule has 0 saturated heterocycles. The van der Waals surface area contributed by atoms with Crippen molar-refractivity contribution in [2.24, 2.45) is 4.99 Å². The van der Waals surface area contributed by atoms with Crippen molar-refractivity contribution in [1.29, 1.82) is 0 Å². The maximum Gasteiger partial charge on any atom is 0.407 e. The molecule has 0 fully saturated rings. The van der Waals surface area contributed by atoms with Crippen molar-refractivity contribution < 1.29 is 14.1 Å².